The molecule has 0 aliphatic heterocycles. The lowest BCUT2D eigenvalue weighted by atomic mass is 10.1. The molecule has 0 aliphatic rings. The van der Waals surface area contributed by atoms with Gasteiger partial charge in [-0.3, -0.25) is 15.4 Å². The summed E-state index contributed by atoms with van der Waals surface area (Å²) in [4.78, 5) is 32.6. The van der Waals surface area contributed by atoms with Crippen LogP contribution < -0.4 is 5.32 Å². The van der Waals surface area contributed by atoms with Crippen LogP contribution in [0.1, 0.15) is 15.9 Å². The largest absolute Gasteiger partial charge is 0.477 e. The van der Waals surface area contributed by atoms with E-state index >= 15 is 0 Å². The minimum absolute atomic E-state index is 0.0436. The first-order chi connectivity index (χ1) is 11.0. The molecule has 118 valence electrons. The molecular formula is C15H12N2O6. The van der Waals surface area contributed by atoms with Crippen LogP contribution in [-0.2, 0) is 11.3 Å². The van der Waals surface area contributed by atoms with E-state index in [1.54, 1.807) is 24.3 Å². The van der Waals surface area contributed by atoms with Crippen molar-refractivity contribution < 1.29 is 24.4 Å². The van der Waals surface area contributed by atoms with Crippen LogP contribution in [0.2, 0.25) is 0 Å². The second-order valence-corrected chi connectivity index (χ2v) is 4.48. The summed E-state index contributed by atoms with van der Waals surface area (Å²) in [7, 11) is 0. The lowest BCUT2D eigenvalue weighted by Gasteiger charge is -2.07. The number of aromatic carboxylic acids is 1. The Morgan fingerprint density at radius 3 is 2.48 bits per heavy atom. The second kappa shape index (κ2) is 7.03. The van der Waals surface area contributed by atoms with Crippen molar-refractivity contribution in [3.63, 3.8) is 0 Å². The van der Waals surface area contributed by atoms with Crippen LogP contribution in [0.15, 0.2) is 48.5 Å². The zero-order chi connectivity index (χ0) is 16.8. The van der Waals surface area contributed by atoms with E-state index in [4.69, 9.17) is 9.84 Å². The number of anilines is 1. The van der Waals surface area contributed by atoms with Crippen LogP contribution in [0.3, 0.4) is 0 Å². The van der Waals surface area contributed by atoms with Gasteiger partial charge >= 0.3 is 12.1 Å². The SMILES string of the molecule is O=C(Nc1ccc(C(=O)O)c([N+](=O)[O-])c1)OCc1ccccc1. The summed E-state index contributed by atoms with van der Waals surface area (Å²) in [6.07, 6.45) is -0.800. The van der Waals surface area contributed by atoms with E-state index in [0.29, 0.717) is 0 Å². The maximum absolute atomic E-state index is 11.7. The molecule has 2 rings (SSSR count). The van der Waals surface area contributed by atoms with Crippen molar-refractivity contribution in [1.29, 1.82) is 0 Å². The van der Waals surface area contributed by atoms with E-state index in [-0.39, 0.29) is 12.3 Å². The monoisotopic (exact) mass is 316 g/mol. The number of hydrogen-bond acceptors (Lipinski definition) is 5. The number of carboxylic acids is 1. The van der Waals surface area contributed by atoms with Gasteiger partial charge in [-0.25, -0.2) is 9.59 Å². The Labute approximate surface area is 130 Å². The molecule has 8 heteroatoms. The fourth-order valence-corrected chi connectivity index (χ4v) is 1.82. The van der Waals surface area contributed by atoms with Crippen molar-refractivity contribution in [3.05, 3.63) is 69.8 Å². The number of nitro groups is 1. The molecule has 0 aromatic heterocycles. The highest BCUT2D eigenvalue weighted by Gasteiger charge is 2.20. The van der Waals surface area contributed by atoms with Gasteiger partial charge in [-0.05, 0) is 17.7 Å². The lowest BCUT2D eigenvalue weighted by Crippen LogP contribution is -2.14. The summed E-state index contributed by atoms with van der Waals surface area (Å²) in [6.45, 7) is 0.0436. The third-order valence-corrected chi connectivity index (χ3v) is 2.88. The Hall–Kier alpha value is -3.42. The van der Waals surface area contributed by atoms with Gasteiger partial charge in [0.25, 0.3) is 5.69 Å². The first kappa shape index (κ1) is 16.0. The molecule has 0 bridgehead atoms. The van der Waals surface area contributed by atoms with E-state index in [2.05, 4.69) is 5.32 Å². The maximum Gasteiger partial charge on any atom is 0.411 e. The number of rotatable bonds is 5. The van der Waals surface area contributed by atoms with Gasteiger partial charge in [0, 0.05) is 6.07 Å². The van der Waals surface area contributed by atoms with Gasteiger partial charge in [0.15, 0.2) is 0 Å². The Morgan fingerprint density at radius 2 is 1.87 bits per heavy atom. The van der Waals surface area contributed by atoms with Crippen LogP contribution in [-0.4, -0.2) is 22.1 Å². The van der Waals surface area contributed by atoms with Crippen molar-refractivity contribution in [3.8, 4) is 0 Å². The number of amides is 1. The molecule has 0 unspecified atom stereocenters. The minimum atomic E-state index is -1.42. The standard InChI is InChI=1S/C15H12N2O6/c18-14(19)12-7-6-11(8-13(12)17(21)22)16-15(20)23-9-10-4-2-1-3-5-10/h1-8H,9H2,(H,16,20)(H,18,19). The second-order valence-electron chi connectivity index (χ2n) is 4.48. The quantitative estimate of drug-likeness (QED) is 0.646. The van der Waals surface area contributed by atoms with Crippen molar-refractivity contribution in [2.24, 2.45) is 0 Å². The van der Waals surface area contributed by atoms with Crippen LogP contribution >= 0.6 is 0 Å². The van der Waals surface area contributed by atoms with Crippen LogP contribution in [0, 0.1) is 10.1 Å². The van der Waals surface area contributed by atoms with Crippen molar-refractivity contribution in [1.82, 2.24) is 0 Å². The summed E-state index contributed by atoms with van der Waals surface area (Å²) in [6, 6.07) is 12.2. The van der Waals surface area contributed by atoms with Gasteiger partial charge in [-0.15, -0.1) is 0 Å². The fourth-order valence-electron chi connectivity index (χ4n) is 1.82. The van der Waals surface area contributed by atoms with Crippen LogP contribution in [0.5, 0.6) is 0 Å². The van der Waals surface area contributed by atoms with Gasteiger partial charge in [0.2, 0.25) is 0 Å². The highest BCUT2D eigenvalue weighted by Crippen LogP contribution is 2.23. The molecule has 1 amide bonds. The molecule has 0 atom stereocenters. The summed E-state index contributed by atoms with van der Waals surface area (Å²) in [5.41, 5.74) is -0.217. The summed E-state index contributed by atoms with van der Waals surface area (Å²) < 4.78 is 4.97. The molecule has 2 aromatic carbocycles. The van der Waals surface area contributed by atoms with Gasteiger partial charge in [0.1, 0.15) is 12.2 Å². The predicted octanol–water partition coefficient (Wildman–Crippen LogP) is 3.04. The number of nitrogens with zero attached hydrogens (tertiary/aromatic N) is 1. The van der Waals surface area contributed by atoms with E-state index in [0.717, 1.165) is 17.7 Å². The Bertz CT molecular complexity index is 745. The molecular weight excluding hydrogens is 304 g/mol. The lowest BCUT2D eigenvalue weighted by molar-refractivity contribution is -0.385. The van der Waals surface area contributed by atoms with Crippen molar-refractivity contribution in [2.45, 2.75) is 6.61 Å². The van der Waals surface area contributed by atoms with E-state index < -0.39 is 28.2 Å². The molecule has 2 N–H and O–H groups in total. The van der Waals surface area contributed by atoms with Gasteiger partial charge in [-0.2, -0.15) is 0 Å². The number of ether oxygens (including phenoxy) is 1. The first-order valence-corrected chi connectivity index (χ1v) is 6.47. The number of carbonyl (C=O) groups excluding carboxylic acids is 1. The first-order valence-electron chi connectivity index (χ1n) is 6.47. The molecule has 0 saturated heterocycles. The number of nitro benzene ring substituents is 1. The molecule has 0 fully saturated rings. The minimum Gasteiger partial charge on any atom is -0.477 e. The molecule has 23 heavy (non-hydrogen) atoms. The molecule has 0 aliphatic carbocycles. The van der Waals surface area contributed by atoms with E-state index in [1.165, 1.54) is 6.07 Å². The van der Waals surface area contributed by atoms with E-state index in [1.807, 2.05) is 6.07 Å². The fraction of sp³-hybridized carbons (Fsp3) is 0.0667. The summed E-state index contributed by atoms with van der Waals surface area (Å²) in [5.74, 6) is -1.42. The third-order valence-electron chi connectivity index (χ3n) is 2.88. The van der Waals surface area contributed by atoms with Gasteiger partial charge in [-0.1, -0.05) is 30.3 Å². The number of carbonyl (C=O) groups is 2. The predicted molar refractivity (Wildman–Crippen MR) is 80.3 cm³/mol. The Balaban J connectivity index is 2.05. The number of hydrogen-bond donors (Lipinski definition) is 2. The molecule has 0 spiro atoms. The van der Waals surface area contributed by atoms with Crippen molar-refractivity contribution in [2.75, 3.05) is 5.32 Å². The van der Waals surface area contributed by atoms with Crippen molar-refractivity contribution >= 4 is 23.4 Å². The molecule has 0 radical (unpaired) electrons. The van der Waals surface area contributed by atoms with Gasteiger partial charge < -0.3 is 9.84 Å². The topological polar surface area (TPSA) is 119 Å². The number of nitrogens with one attached hydrogen (secondary N) is 1. The number of benzene rings is 2. The average Bonchev–Trinajstić information content (AvgIpc) is 2.53. The zero-order valence-corrected chi connectivity index (χ0v) is 11.8. The Morgan fingerprint density at radius 1 is 1.17 bits per heavy atom. The zero-order valence-electron chi connectivity index (χ0n) is 11.8. The normalized spacial score (nSPS) is 9.91. The van der Waals surface area contributed by atoms with Crippen LogP contribution in [0.4, 0.5) is 16.2 Å². The summed E-state index contributed by atoms with van der Waals surface area (Å²) >= 11 is 0. The molecule has 0 heterocycles. The maximum atomic E-state index is 11.7. The summed E-state index contributed by atoms with van der Waals surface area (Å²) in [5, 5.41) is 22.1. The highest BCUT2D eigenvalue weighted by molar-refractivity contribution is 5.94. The van der Waals surface area contributed by atoms with E-state index in [9.17, 15) is 19.7 Å². The third kappa shape index (κ3) is 4.27. The average molecular weight is 316 g/mol. The van der Waals surface area contributed by atoms with Gasteiger partial charge in [0.05, 0.1) is 10.6 Å². The smallest absolute Gasteiger partial charge is 0.411 e. The Kier molecular flexibility index (Phi) is 4.88. The van der Waals surface area contributed by atoms with Crippen LogP contribution in [0.25, 0.3) is 0 Å². The number of carboxylic acid groups (broad SMARTS) is 1. The molecule has 2 aromatic rings. The highest BCUT2D eigenvalue weighted by atomic mass is 16.6. The molecule has 8 nitrogen and oxygen atoms in total. The molecule has 0 saturated carbocycles.